The fraction of sp³-hybridized carbons (Fsp3) is 0.500. The lowest BCUT2D eigenvalue weighted by Gasteiger charge is -2.25. The molecule has 0 aliphatic carbocycles. The van der Waals surface area contributed by atoms with Crippen LogP contribution in [0.15, 0.2) is 21.1 Å². The Kier molecular flexibility index (Phi) is 7.78. The summed E-state index contributed by atoms with van der Waals surface area (Å²) in [5.74, 6) is 0.171. The molecule has 3 nitrogen and oxygen atoms in total. The summed E-state index contributed by atoms with van der Waals surface area (Å²) in [6.07, 6.45) is 0.164. The number of aliphatic hydroxyl groups is 1. The van der Waals surface area contributed by atoms with Crippen molar-refractivity contribution in [3.05, 3.63) is 26.6 Å². The quantitative estimate of drug-likeness (QED) is 0.717. The molecular formula is C12H18Br2ClNO2. The summed E-state index contributed by atoms with van der Waals surface area (Å²) in [6, 6.07) is 2.87. The van der Waals surface area contributed by atoms with Gasteiger partial charge in [-0.3, -0.25) is 0 Å². The second kappa shape index (κ2) is 7.70. The summed E-state index contributed by atoms with van der Waals surface area (Å²) >= 11 is 6.59. The van der Waals surface area contributed by atoms with Crippen LogP contribution in [0.5, 0.6) is 5.75 Å². The van der Waals surface area contributed by atoms with E-state index in [2.05, 4.69) is 31.9 Å². The number of benzene rings is 1. The predicted octanol–water partition coefficient (Wildman–Crippen LogP) is 3.75. The van der Waals surface area contributed by atoms with Gasteiger partial charge in [0.1, 0.15) is 5.75 Å². The van der Waals surface area contributed by atoms with Crippen LogP contribution in [0.2, 0.25) is 0 Å². The number of phenols is 1. The average molecular weight is 404 g/mol. The first-order chi connectivity index (χ1) is 7.88. The van der Waals surface area contributed by atoms with Crippen LogP contribution < -0.4 is 5.73 Å². The number of nitrogens with two attached hydrogens (primary N) is 1. The van der Waals surface area contributed by atoms with E-state index in [1.165, 1.54) is 0 Å². The number of aromatic hydroxyl groups is 1. The van der Waals surface area contributed by atoms with Crippen LogP contribution in [0.25, 0.3) is 0 Å². The molecule has 4 N–H and O–H groups in total. The van der Waals surface area contributed by atoms with E-state index in [9.17, 15) is 10.2 Å². The summed E-state index contributed by atoms with van der Waals surface area (Å²) in [5.41, 5.74) is 6.54. The Balaban J connectivity index is 0.00000289. The molecule has 0 fully saturated rings. The monoisotopic (exact) mass is 401 g/mol. The van der Waals surface area contributed by atoms with Crippen LogP contribution in [0.3, 0.4) is 0 Å². The summed E-state index contributed by atoms with van der Waals surface area (Å²) in [5, 5.41) is 20.0. The van der Waals surface area contributed by atoms with Gasteiger partial charge >= 0.3 is 0 Å². The number of halogens is 3. The lowest BCUT2D eigenvalue weighted by atomic mass is 9.91. The zero-order chi connectivity index (χ0) is 13.2. The molecule has 0 radical (unpaired) electrons. The third kappa shape index (κ3) is 4.10. The van der Waals surface area contributed by atoms with Gasteiger partial charge in [0.05, 0.1) is 16.6 Å². The number of phenolic OH excluding ortho intramolecular Hbond substituents is 1. The van der Waals surface area contributed by atoms with Gasteiger partial charge in [-0.2, -0.15) is 0 Å². The molecule has 0 bridgehead atoms. The van der Waals surface area contributed by atoms with Crippen molar-refractivity contribution in [2.24, 2.45) is 11.7 Å². The van der Waals surface area contributed by atoms with Crippen LogP contribution in [-0.2, 0) is 0 Å². The molecule has 0 spiro atoms. The molecule has 3 atom stereocenters. The van der Waals surface area contributed by atoms with Gasteiger partial charge in [-0.25, -0.2) is 0 Å². The van der Waals surface area contributed by atoms with E-state index in [4.69, 9.17) is 5.73 Å². The standard InChI is InChI=1S/C12H17Br2NO2.ClH/c1-3-6(2)11(16)10(15)8-4-7(13)5-9(14)12(8)17;/h4-6,10-11,16-17H,3,15H2,1-2H3;1H/t6?,10-,11+;/m1./s1. The van der Waals surface area contributed by atoms with Gasteiger partial charge in [0.25, 0.3) is 0 Å². The van der Waals surface area contributed by atoms with Crippen molar-refractivity contribution >= 4 is 44.3 Å². The maximum Gasteiger partial charge on any atom is 0.134 e. The lowest BCUT2D eigenvalue weighted by molar-refractivity contribution is 0.0870. The molecule has 0 aromatic heterocycles. The lowest BCUT2D eigenvalue weighted by Crippen LogP contribution is -2.31. The number of rotatable bonds is 4. The molecule has 0 heterocycles. The van der Waals surface area contributed by atoms with E-state index in [0.717, 1.165) is 10.9 Å². The van der Waals surface area contributed by atoms with Gasteiger partial charge in [-0.05, 0) is 34.0 Å². The van der Waals surface area contributed by atoms with Gasteiger partial charge < -0.3 is 15.9 Å². The van der Waals surface area contributed by atoms with Gasteiger partial charge in [0.15, 0.2) is 0 Å². The Morgan fingerprint density at radius 2 is 1.89 bits per heavy atom. The Morgan fingerprint density at radius 3 is 2.39 bits per heavy atom. The smallest absolute Gasteiger partial charge is 0.134 e. The van der Waals surface area contributed by atoms with E-state index >= 15 is 0 Å². The zero-order valence-electron chi connectivity index (χ0n) is 10.2. The first kappa shape index (κ1) is 18.2. The predicted molar refractivity (Wildman–Crippen MR) is 83.1 cm³/mol. The van der Waals surface area contributed by atoms with Crippen LogP contribution >= 0.6 is 44.3 Å². The molecular weight excluding hydrogens is 385 g/mol. The Morgan fingerprint density at radius 1 is 1.33 bits per heavy atom. The van der Waals surface area contributed by atoms with Crippen LogP contribution in [0, 0.1) is 5.92 Å². The van der Waals surface area contributed by atoms with E-state index in [1.807, 2.05) is 13.8 Å². The molecule has 1 unspecified atom stereocenters. The highest BCUT2D eigenvalue weighted by Gasteiger charge is 2.25. The summed E-state index contributed by atoms with van der Waals surface area (Å²) in [6.45, 7) is 3.94. The largest absolute Gasteiger partial charge is 0.506 e. The van der Waals surface area contributed by atoms with Crippen molar-refractivity contribution in [2.45, 2.75) is 32.4 Å². The van der Waals surface area contributed by atoms with Crippen LogP contribution in [-0.4, -0.2) is 16.3 Å². The highest BCUT2D eigenvalue weighted by atomic mass is 79.9. The fourth-order valence-corrected chi connectivity index (χ4v) is 2.88. The van der Waals surface area contributed by atoms with Gasteiger partial charge in [0.2, 0.25) is 0 Å². The fourth-order valence-electron chi connectivity index (χ4n) is 1.62. The Labute approximate surface area is 130 Å². The molecule has 1 aromatic rings. The van der Waals surface area contributed by atoms with Crippen molar-refractivity contribution in [1.29, 1.82) is 0 Å². The minimum absolute atomic E-state index is 0. The van der Waals surface area contributed by atoms with E-state index in [0.29, 0.717) is 10.0 Å². The topological polar surface area (TPSA) is 66.5 Å². The van der Waals surface area contributed by atoms with Crippen molar-refractivity contribution in [3.63, 3.8) is 0 Å². The SMILES string of the molecule is CCC(C)[C@H](O)[C@H](N)c1cc(Br)cc(Br)c1O.Cl. The highest BCUT2D eigenvalue weighted by molar-refractivity contribution is 9.11. The molecule has 0 aliphatic heterocycles. The number of aliphatic hydroxyl groups excluding tert-OH is 1. The summed E-state index contributed by atoms with van der Waals surface area (Å²) in [7, 11) is 0. The van der Waals surface area contributed by atoms with Gasteiger partial charge in [-0.15, -0.1) is 12.4 Å². The second-order valence-electron chi connectivity index (χ2n) is 4.23. The van der Waals surface area contributed by atoms with E-state index in [-0.39, 0.29) is 24.1 Å². The van der Waals surface area contributed by atoms with E-state index in [1.54, 1.807) is 12.1 Å². The highest BCUT2D eigenvalue weighted by Crippen LogP contribution is 2.36. The molecule has 0 amide bonds. The minimum Gasteiger partial charge on any atom is -0.506 e. The maximum absolute atomic E-state index is 10.1. The normalized spacial score (nSPS) is 15.7. The molecule has 18 heavy (non-hydrogen) atoms. The zero-order valence-corrected chi connectivity index (χ0v) is 14.2. The molecule has 1 rings (SSSR count). The van der Waals surface area contributed by atoms with Crippen molar-refractivity contribution in [2.75, 3.05) is 0 Å². The van der Waals surface area contributed by atoms with E-state index < -0.39 is 12.1 Å². The minimum atomic E-state index is -0.674. The first-order valence-corrected chi connectivity index (χ1v) is 7.08. The molecule has 6 heteroatoms. The summed E-state index contributed by atoms with van der Waals surface area (Å²) < 4.78 is 1.37. The van der Waals surface area contributed by atoms with Crippen molar-refractivity contribution in [3.8, 4) is 5.75 Å². The first-order valence-electron chi connectivity index (χ1n) is 5.50. The number of hydrogen-bond donors (Lipinski definition) is 3. The van der Waals surface area contributed by atoms with Crippen LogP contribution in [0.4, 0.5) is 0 Å². The van der Waals surface area contributed by atoms with Crippen molar-refractivity contribution < 1.29 is 10.2 Å². The molecule has 1 aromatic carbocycles. The average Bonchev–Trinajstić information content (AvgIpc) is 2.30. The van der Waals surface area contributed by atoms with Gasteiger partial charge in [-0.1, -0.05) is 36.2 Å². The third-order valence-electron chi connectivity index (χ3n) is 3.01. The summed E-state index contributed by atoms with van der Waals surface area (Å²) in [4.78, 5) is 0. The van der Waals surface area contributed by atoms with Crippen LogP contribution in [0.1, 0.15) is 31.9 Å². The Bertz CT molecular complexity index is 404. The molecule has 0 aliphatic rings. The third-order valence-corrected chi connectivity index (χ3v) is 4.07. The molecule has 0 saturated carbocycles. The Hall–Kier alpha value is 0.190. The molecule has 104 valence electrons. The maximum atomic E-state index is 10.1. The second-order valence-corrected chi connectivity index (χ2v) is 6.00. The number of hydrogen-bond acceptors (Lipinski definition) is 3. The molecule has 0 saturated heterocycles. The van der Waals surface area contributed by atoms with Gasteiger partial charge in [0, 0.05) is 10.0 Å². The van der Waals surface area contributed by atoms with Crippen molar-refractivity contribution in [1.82, 2.24) is 0 Å².